The summed E-state index contributed by atoms with van der Waals surface area (Å²) in [5.74, 6) is -1.85. The third-order valence-corrected chi connectivity index (χ3v) is 1.53. The molecule has 0 spiro atoms. The quantitative estimate of drug-likeness (QED) is 0.327. The number of cyclic esters (lactones) is 2. The Hall–Kier alpha value is -1.95. The predicted octanol–water partition coefficient (Wildman–Crippen LogP) is 0.112. The normalized spacial score (nSPS) is 17.6. The molecule has 1 heterocycles. The smallest absolute Gasteiger partial charge is 0.343 e. The Morgan fingerprint density at radius 1 is 1.65 bits per heavy atom. The Labute approximate surface area is 98.5 Å². The highest BCUT2D eigenvalue weighted by atomic mass is 16.6. The van der Waals surface area contributed by atoms with Crippen molar-refractivity contribution in [3.63, 3.8) is 0 Å². The summed E-state index contributed by atoms with van der Waals surface area (Å²) in [6, 6.07) is 0. The number of hydrogen-bond donors (Lipinski definition) is 1. The number of ether oxygens (including phenoxy) is 2. The average Bonchev–Trinajstić information content (AvgIpc) is 2.53. The van der Waals surface area contributed by atoms with Crippen LogP contribution in [0.1, 0.15) is 13.3 Å². The van der Waals surface area contributed by atoms with E-state index in [1.54, 1.807) is 6.92 Å². The molecule has 0 aromatic heterocycles. The summed E-state index contributed by atoms with van der Waals surface area (Å²) in [5.41, 5.74) is 0.414. The van der Waals surface area contributed by atoms with E-state index in [1.807, 2.05) is 0 Å². The maximum Gasteiger partial charge on any atom is 0.343 e. The fourth-order valence-corrected chi connectivity index (χ4v) is 0.721. The van der Waals surface area contributed by atoms with Crippen molar-refractivity contribution in [1.29, 1.82) is 0 Å². The van der Waals surface area contributed by atoms with Gasteiger partial charge in [0.15, 0.2) is 6.10 Å². The number of esters is 3. The van der Waals surface area contributed by atoms with Gasteiger partial charge in [0.1, 0.15) is 6.61 Å². The number of aliphatic hydroxyl groups excluding tert-OH is 1. The summed E-state index contributed by atoms with van der Waals surface area (Å²) in [6.45, 7) is 8.64. The van der Waals surface area contributed by atoms with Crippen LogP contribution in [-0.2, 0) is 23.9 Å². The van der Waals surface area contributed by atoms with E-state index in [0.29, 0.717) is 5.57 Å². The van der Waals surface area contributed by atoms with E-state index in [2.05, 4.69) is 22.6 Å². The van der Waals surface area contributed by atoms with Crippen LogP contribution in [0, 0.1) is 0 Å². The number of carbonyl (C=O) groups excluding carboxylic acids is 3. The zero-order chi connectivity index (χ0) is 13.4. The highest BCUT2D eigenvalue weighted by Crippen LogP contribution is 2.05. The van der Waals surface area contributed by atoms with E-state index in [-0.39, 0.29) is 19.0 Å². The maximum atomic E-state index is 10.5. The molecule has 1 saturated heterocycles. The molecule has 6 heteroatoms. The van der Waals surface area contributed by atoms with Crippen LogP contribution in [0.3, 0.4) is 0 Å². The molecule has 1 aliphatic heterocycles. The minimum absolute atomic E-state index is 0.196. The van der Waals surface area contributed by atoms with Gasteiger partial charge in [-0.25, -0.2) is 9.59 Å². The van der Waals surface area contributed by atoms with E-state index in [4.69, 9.17) is 5.11 Å². The van der Waals surface area contributed by atoms with E-state index in [1.165, 1.54) is 6.08 Å². The summed E-state index contributed by atoms with van der Waals surface area (Å²) in [5, 5.41) is 8.47. The van der Waals surface area contributed by atoms with Crippen molar-refractivity contribution < 1.29 is 29.0 Å². The lowest BCUT2D eigenvalue weighted by molar-refractivity contribution is -0.154. The lowest BCUT2D eigenvalue weighted by Gasteiger charge is -1.97. The van der Waals surface area contributed by atoms with Gasteiger partial charge in [0.2, 0.25) is 0 Å². The van der Waals surface area contributed by atoms with E-state index < -0.39 is 18.0 Å². The van der Waals surface area contributed by atoms with Gasteiger partial charge in [-0.1, -0.05) is 19.2 Å². The molecule has 1 N–H and O–H groups in total. The van der Waals surface area contributed by atoms with Crippen molar-refractivity contribution in [3.05, 3.63) is 24.8 Å². The zero-order valence-corrected chi connectivity index (χ0v) is 9.47. The van der Waals surface area contributed by atoms with Crippen LogP contribution in [0.5, 0.6) is 0 Å². The van der Waals surface area contributed by atoms with Crippen molar-refractivity contribution in [3.8, 4) is 0 Å². The highest BCUT2D eigenvalue weighted by molar-refractivity contribution is 5.95. The van der Waals surface area contributed by atoms with E-state index in [0.717, 1.165) is 0 Å². The molecule has 1 unspecified atom stereocenters. The van der Waals surface area contributed by atoms with Gasteiger partial charge in [-0.3, -0.25) is 4.79 Å². The fraction of sp³-hybridized carbons (Fsp3) is 0.364. The first-order chi connectivity index (χ1) is 7.88. The molecule has 0 saturated carbocycles. The standard InChI is InChI=1S/C7H10O2.C4H4O4/c1-4-5-9-7(8)6(2)3;5-2-1-3(6)8-4(2)7/h4H,1-2,5H2,3H3;2,5H,1H2. The first-order valence-electron chi connectivity index (χ1n) is 4.74. The topological polar surface area (TPSA) is 89.9 Å². The van der Waals surface area contributed by atoms with Crippen LogP contribution in [0.4, 0.5) is 0 Å². The molecule has 0 radical (unpaired) electrons. The first kappa shape index (κ1) is 15.0. The second-order valence-electron chi connectivity index (χ2n) is 3.18. The van der Waals surface area contributed by atoms with Crippen molar-refractivity contribution in [2.45, 2.75) is 19.4 Å². The molecule has 17 heavy (non-hydrogen) atoms. The van der Waals surface area contributed by atoms with Crippen LogP contribution in [0.25, 0.3) is 0 Å². The number of aliphatic hydroxyl groups is 1. The Balaban J connectivity index is 0.000000302. The number of hydrogen-bond acceptors (Lipinski definition) is 6. The lowest BCUT2D eigenvalue weighted by Crippen LogP contribution is -2.11. The molecule has 1 rings (SSSR count). The fourth-order valence-electron chi connectivity index (χ4n) is 0.721. The average molecular weight is 242 g/mol. The van der Waals surface area contributed by atoms with Crippen LogP contribution in [0.2, 0.25) is 0 Å². The molecular formula is C11H14O6. The summed E-state index contributed by atoms with van der Waals surface area (Å²) < 4.78 is 8.54. The number of rotatable bonds is 3. The summed E-state index contributed by atoms with van der Waals surface area (Å²) in [4.78, 5) is 30.7. The van der Waals surface area contributed by atoms with Gasteiger partial charge in [-0.15, -0.1) is 0 Å². The molecule has 94 valence electrons. The minimum Gasteiger partial charge on any atom is -0.458 e. The summed E-state index contributed by atoms with van der Waals surface area (Å²) >= 11 is 0. The molecule has 0 aromatic rings. The highest BCUT2D eigenvalue weighted by Gasteiger charge is 2.30. The van der Waals surface area contributed by atoms with Gasteiger partial charge in [0.25, 0.3) is 0 Å². The Morgan fingerprint density at radius 2 is 2.24 bits per heavy atom. The zero-order valence-electron chi connectivity index (χ0n) is 9.47. The Kier molecular flexibility index (Phi) is 6.50. The Morgan fingerprint density at radius 3 is 2.47 bits per heavy atom. The molecule has 0 bridgehead atoms. The van der Waals surface area contributed by atoms with E-state index >= 15 is 0 Å². The van der Waals surface area contributed by atoms with E-state index in [9.17, 15) is 14.4 Å². The third kappa shape index (κ3) is 6.26. The predicted molar refractivity (Wildman–Crippen MR) is 57.7 cm³/mol. The van der Waals surface area contributed by atoms with Gasteiger partial charge >= 0.3 is 17.9 Å². The minimum atomic E-state index is -1.22. The first-order valence-corrected chi connectivity index (χ1v) is 4.74. The van der Waals surface area contributed by atoms with Gasteiger partial charge in [0, 0.05) is 5.57 Å². The van der Waals surface area contributed by atoms with Crippen LogP contribution in [0.15, 0.2) is 24.8 Å². The second-order valence-corrected chi connectivity index (χ2v) is 3.18. The van der Waals surface area contributed by atoms with Crippen LogP contribution in [-0.4, -0.2) is 35.7 Å². The Bertz CT molecular complexity index is 344. The third-order valence-electron chi connectivity index (χ3n) is 1.53. The molecule has 1 fully saturated rings. The van der Waals surface area contributed by atoms with Crippen LogP contribution < -0.4 is 0 Å². The van der Waals surface area contributed by atoms with Crippen LogP contribution >= 0.6 is 0 Å². The van der Waals surface area contributed by atoms with Crippen molar-refractivity contribution >= 4 is 17.9 Å². The largest absolute Gasteiger partial charge is 0.458 e. The van der Waals surface area contributed by atoms with Gasteiger partial charge in [-0.05, 0) is 6.92 Å². The monoisotopic (exact) mass is 242 g/mol. The molecule has 0 aromatic carbocycles. The molecular weight excluding hydrogens is 228 g/mol. The van der Waals surface area contributed by atoms with Crippen molar-refractivity contribution in [1.82, 2.24) is 0 Å². The second kappa shape index (κ2) is 7.34. The summed E-state index contributed by atoms with van der Waals surface area (Å²) in [7, 11) is 0. The van der Waals surface area contributed by atoms with Crippen molar-refractivity contribution in [2.24, 2.45) is 0 Å². The SMILES string of the molecule is C=CCOC(=O)C(=C)C.O=C1CC(O)C(=O)O1. The molecule has 1 atom stereocenters. The maximum absolute atomic E-state index is 10.5. The molecule has 1 aliphatic rings. The molecule has 0 amide bonds. The molecule has 0 aliphatic carbocycles. The van der Waals surface area contributed by atoms with Gasteiger partial charge < -0.3 is 14.6 Å². The lowest BCUT2D eigenvalue weighted by atomic mass is 10.3. The van der Waals surface area contributed by atoms with Gasteiger partial charge in [0.05, 0.1) is 6.42 Å². The van der Waals surface area contributed by atoms with Crippen molar-refractivity contribution in [2.75, 3.05) is 6.61 Å². The number of carbonyl (C=O) groups is 3. The molecule has 6 nitrogen and oxygen atoms in total. The summed E-state index contributed by atoms with van der Waals surface area (Å²) in [6.07, 6.45) is 0.0992. The van der Waals surface area contributed by atoms with Gasteiger partial charge in [-0.2, -0.15) is 0 Å².